The molecule has 3 aromatic rings. The fraction of sp³-hybridized carbons (Fsp3) is 0.100. The molecule has 126 valence electrons. The minimum atomic E-state index is -0.541. The zero-order chi connectivity index (χ0) is 17.6. The standard InChI is InChI=1S/C20H17NO3S/c1-14-11-12-25-18(14)9-10-20(23)24-13-19(22)21-17-8-4-6-15-5-2-3-7-16(15)17/h2-12H,13H2,1H3,(H,21,22)/b10-9+. The monoisotopic (exact) mass is 351 g/mol. The van der Waals surface area contributed by atoms with Crippen LogP contribution in [0, 0.1) is 6.92 Å². The second kappa shape index (κ2) is 7.77. The average molecular weight is 351 g/mol. The fourth-order valence-electron chi connectivity index (χ4n) is 2.40. The number of esters is 1. The molecule has 4 nitrogen and oxygen atoms in total. The molecule has 1 N–H and O–H groups in total. The molecule has 1 heterocycles. The van der Waals surface area contributed by atoms with Crippen LogP contribution in [-0.4, -0.2) is 18.5 Å². The van der Waals surface area contributed by atoms with E-state index in [2.05, 4.69) is 5.32 Å². The van der Waals surface area contributed by atoms with E-state index in [0.29, 0.717) is 5.69 Å². The van der Waals surface area contributed by atoms with Crippen LogP contribution in [0.25, 0.3) is 16.8 Å². The lowest BCUT2D eigenvalue weighted by Crippen LogP contribution is -2.20. The first kappa shape index (κ1) is 16.9. The Balaban J connectivity index is 1.56. The first-order valence-electron chi connectivity index (χ1n) is 7.80. The van der Waals surface area contributed by atoms with Gasteiger partial charge in [0.2, 0.25) is 0 Å². The lowest BCUT2D eigenvalue weighted by Gasteiger charge is -2.08. The fourth-order valence-corrected chi connectivity index (χ4v) is 3.22. The molecule has 5 heteroatoms. The van der Waals surface area contributed by atoms with E-state index in [1.54, 1.807) is 17.4 Å². The SMILES string of the molecule is Cc1ccsc1/C=C/C(=O)OCC(=O)Nc1cccc2ccccc12. The predicted molar refractivity (Wildman–Crippen MR) is 102 cm³/mol. The second-order valence-electron chi connectivity index (χ2n) is 5.48. The number of nitrogens with one attached hydrogen (secondary N) is 1. The summed E-state index contributed by atoms with van der Waals surface area (Å²) in [7, 11) is 0. The summed E-state index contributed by atoms with van der Waals surface area (Å²) in [6, 6.07) is 15.4. The van der Waals surface area contributed by atoms with Crippen LogP contribution >= 0.6 is 11.3 Å². The summed E-state index contributed by atoms with van der Waals surface area (Å²) >= 11 is 1.54. The first-order valence-corrected chi connectivity index (χ1v) is 8.68. The number of hydrogen-bond acceptors (Lipinski definition) is 4. The van der Waals surface area contributed by atoms with Crippen LogP contribution in [0.4, 0.5) is 5.69 Å². The van der Waals surface area contributed by atoms with Gasteiger partial charge in [-0.3, -0.25) is 4.79 Å². The molecule has 0 radical (unpaired) electrons. The summed E-state index contributed by atoms with van der Waals surface area (Å²) in [6.45, 7) is 1.65. The topological polar surface area (TPSA) is 55.4 Å². The molecular weight excluding hydrogens is 334 g/mol. The zero-order valence-corrected chi connectivity index (χ0v) is 14.5. The molecule has 0 atom stereocenters. The summed E-state index contributed by atoms with van der Waals surface area (Å²) in [4.78, 5) is 24.8. The lowest BCUT2D eigenvalue weighted by molar-refractivity contribution is -0.142. The number of anilines is 1. The number of aryl methyl sites for hydroxylation is 1. The molecule has 1 amide bonds. The Morgan fingerprint density at radius 2 is 1.92 bits per heavy atom. The van der Waals surface area contributed by atoms with Crippen LogP contribution in [0.15, 0.2) is 60.0 Å². The van der Waals surface area contributed by atoms with Crippen LogP contribution in [0.5, 0.6) is 0 Å². The van der Waals surface area contributed by atoms with Gasteiger partial charge in [0.25, 0.3) is 5.91 Å². The molecule has 0 aliphatic carbocycles. The van der Waals surface area contributed by atoms with Gasteiger partial charge < -0.3 is 10.1 Å². The molecule has 0 fully saturated rings. The highest BCUT2D eigenvalue weighted by molar-refractivity contribution is 7.11. The number of rotatable bonds is 5. The second-order valence-corrected chi connectivity index (χ2v) is 6.43. The normalized spacial score (nSPS) is 10.9. The van der Waals surface area contributed by atoms with Crippen molar-refractivity contribution < 1.29 is 14.3 Å². The van der Waals surface area contributed by atoms with Gasteiger partial charge in [0.1, 0.15) is 0 Å². The third kappa shape index (κ3) is 4.33. The molecule has 0 spiro atoms. The molecule has 3 rings (SSSR count). The van der Waals surface area contributed by atoms with Crippen LogP contribution in [-0.2, 0) is 14.3 Å². The molecule has 25 heavy (non-hydrogen) atoms. The van der Waals surface area contributed by atoms with Crippen molar-refractivity contribution in [1.29, 1.82) is 0 Å². The Morgan fingerprint density at radius 1 is 1.12 bits per heavy atom. The van der Waals surface area contributed by atoms with Crippen molar-refractivity contribution in [2.24, 2.45) is 0 Å². The number of fused-ring (bicyclic) bond motifs is 1. The Bertz CT molecular complexity index is 938. The summed E-state index contributed by atoms with van der Waals surface area (Å²) in [5.41, 5.74) is 1.80. The van der Waals surface area contributed by atoms with Crippen LogP contribution in [0.1, 0.15) is 10.4 Å². The van der Waals surface area contributed by atoms with E-state index >= 15 is 0 Å². The minimum Gasteiger partial charge on any atom is -0.452 e. The highest BCUT2D eigenvalue weighted by atomic mass is 32.1. The Hall–Kier alpha value is -2.92. The van der Waals surface area contributed by atoms with E-state index in [-0.39, 0.29) is 12.5 Å². The van der Waals surface area contributed by atoms with Gasteiger partial charge in [0, 0.05) is 22.0 Å². The summed E-state index contributed by atoms with van der Waals surface area (Å²) in [5.74, 6) is -0.911. The molecule has 0 bridgehead atoms. The van der Waals surface area contributed by atoms with Crippen molar-refractivity contribution in [3.05, 3.63) is 70.4 Å². The van der Waals surface area contributed by atoms with Crippen molar-refractivity contribution in [1.82, 2.24) is 0 Å². The first-order chi connectivity index (χ1) is 12.1. The van der Waals surface area contributed by atoms with Gasteiger partial charge in [-0.2, -0.15) is 0 Å². The quantitative estimate of drug-likeness (QED) is 0.547. The summed E-state index contributed by atoms with van der Waals surface area (Å²) < 4.78 is 4.99. The number of carbonyl (C=O) groups excluding carboxylic acids is 2. The molecular formula is C20H17NO3S. The molecule has 2 aromatic carbocycles. The molecule has 0 saturated heterocycles. The van der Waals surface area contributed by atoms with Crippen molar-refractivity contribution in [3.8, 4) is 0 Å². The maximum Gasteiger partial charge on any atom is 0.331 e. The van der Waals surface area contributed by atoms with Crippen molar-refractivity contribution >= 4 is 45.7 Å². The van der Waals surface area contributed by atoms with Crippen LogP contribution < -0.4 is 5.32 Å². The highest BCUT2D eigenvalue weighted by Crippen LogP contribution is 2.22. The van der Waals surface area contributed by atoms with Crippen LogP contribution in [0.3, 0.4) is 0 Å². The number of benzene rings is 2. The number of hydrogen-bond donors (Lipinski definition) is 1. The highest BCUT2D eigenvalue weighted by Gasteiger charge is 2.08. The number of ether oxygens (including phenoxy) is 1. The molecule has 1 aromatic heterocycles. The van der Waals surface area contributed by atoms with E-state index in [0.717, 1.165) is 21.2 Å². The average Bonchev–Trinajstić information content (AvgIpc) is 3.03. The van der Waals surface area contributed by atoms with Crippen molar-refractivity contribution in [3.63, 3.8) is 0 Å². The van der Waals surface area contributed by atoms with E-state index < -0.39 is 5.97 Å². The van der Waals surface area contributed by atoms with Crippen molar-refractivity contribution in [2.45, 2.75) is 6.92 Å². The maximum atomic E-state index is 12.0. The number of thiophene rings is 1. The van der Waals surface area contributed by atoms with Crippen molar-refractivity contribution in [2.75, 3.05) is 11.9 Å². The number of amides is 1. The van der Waals surface area contributed by atoms with E-state index in [1.807, 2.05) is 60.8 Å². The summed E-state index contributed by atoms with van der Waals surface area (Å²) in [5, 5.41) is 6.71. The molecule has 0 aliphatic rings. The maximum absolute atomic E-state index is 12.0. The lowest BCUT2D eigenvalue weighted by atomic mass is 10.1. The minimum absolute atomic E-state index is 0.324. The van der Waals surface area contributed by atoms with Gasteiger partial charge in [-0.1, -0.05) is 36.4 Å². The van der Waals surface area contributed by atoms with Gasteiger partial charge in [0.05, 0.1) is 0 Å². The third-order valence-corrected chi connectivity index (χ3v) is 4.67. The van der Waals surface area contributed by atoms with Gasteiger partial charge in [-0.25, -0.2) is 4.79 Å². The largest absolute Gasteiger partial charge is 0.452 e. The Labute approximate surface area is 149 Å². The van der Waals surface area contributed by atoms with Gasteiger partial charge in [0.15, 0.2) is 6.61 Å². The smallest absolute Gasteiger partial charge is 0.331 e. The number of carbonyl (C=O) groups is 2. The van der Waals surface area contributed by atoms with Gasteiger partial charge in [-0.15, -0.1) is 11.3 Å². The van der Waals surface area contributed by atoms with Crippen LogP contribution in [0.2, 0.25) is 0 Å². The molecule has 0 saturated carbocycles. The molecule has 0 aliphatic heterocycles. The van der Waals surface area contributed by atoms with E-state index in [4.69, 9.17) is 4.74 Å². The van der Waals surface area contributed by atoms with E-state index in [9.17, 15) is 9.59 Å². The van der Waals surface area contributed by atoms with Gasteiger partial charge in [-0.05, 0) is 41.5 Å². The third-order valence-electron chi connectivity index (χ3n) is 3.68. The Kier molecular flexibility index (Phi) is 5.26. The zero-order valence-electron chi connectivity index (χ0n) is 13.7. The predicted octanol–water partition coefficient (Wildman–Crippen LogP) is 4.40. The Morgan fingerprint density at radius 3 is 2.72 bits per heavy atom. The summed E-state index contributed by atoms with van der Waals surface area (Å²) in [6.07, 6.45) is 3.04. The molecule has 0 unspecified atom stereocenters. The van der Waals surface area contributed by atoms with E-state index in [1.165, 1.54) is 6.08 Å². The van der Waals surface area contributed by atoms with Gasteiger partial charge >= 0.3 is 5.97 Å².